The first-order valence-corrected chi connectivity index (χ1v) is 13.1. The van der Waals surface area contributed by atoms with Crippen molar-refractivity contribution in [2.24, 2.45) is 0 Å². The number of hydrogen-bond donors (Lipinski definition) is 0. The molecular formula is C29H24Ti. The zero-order valence-corrected chi connectivity index (χ0v) is 19.1. The van der Waals surface area contributed by atoms with Crippen molar-refractivity contribution in [2.75, 3.05) is 0 Å². The van der Waals surface area contributed by atoms with Crippen LogP contribution in [0.25, 0.3) is 22.3 Å². The van der Waals surface area contributed by atoms with Gasteiger partial charge in [-0.15, -0.1) is 0 Å². The van der Waals surface area contributed by atoms with Crippen molar-refractivity contribution < 1.29 is 17.4 Å². The van der Waals surface area contributed by atoms with E-state index in [1.165, 1.54) is 33.4 Å². The van der Waals surface area contributed by atoms with Gasteiger partial charge in [-0.05, 0) is 0 Å². The van der Waals surface area contributed by atoms with E-state index < -0.39 is 17.4 Å². The molecule has 1 heteroatoms. The molecule has 144 valence electrons. The van der Waals surface area contributed by atoms with Crippen LogP contribution in [0.3, 0.4) is 0 Å². The molecule has 0 aromatic heterocycles. The van der Waals surface area contributed by atoms with Crippen molar-refractivity contribution in [3.8, 4) is 22.3 Å². The Morgan fingerprint density at radius 3 is 1.43 bits per heavy atom. The summed E-state index contributed by atoms with van der Waals surface area (Å²) in [7, 11) is 0. The second-order valence-corrected chi connectivity index (χ2v) is 13.1. The molecule has 0 nitrogen and oxygen atoms in total. The molecule has 0 aliphatic heterocycles. The SMILES string of the molecule is C[C](C)=[Ti]([c]1cccc2c1Cc1ccccc1-2)[c]1cccc2c1Cc1ccccc1-2. The molecule has 0 fully saturated rings. The molecule has 0 saturated carbocycles. The predicted octanol–water partition coefficient (Wildman–Crippen LogP) is 5.61. The summed E-state index contributed by atoms with van der Waals surface area (Å²) in [6.07, 6.45) is 2.17. The van der Waals surface area contributed by atoms with E-state index in [0.717, 1.165) is 12.8 Å². The molecule has 0 spiro atoms. The van der Waals surface area contributed by atoms with Gasteiger partial charge in [0.25, 0.3) is 0 Å². The van der Waals surface area contributed by atoms with Gasteiger partial charge in [-0.1, -0.05) is 0 Å². The van der Waals surface area contributed by atoms with E-state index in [9.17, 15) is 0 Å². The normalized spacial score (nSPS) is 12.7. The summed E-state index contributed by atoms with van der Waals surface area (Å²) >= 11 is -1.82. The van der Waals surface area contributed by atoms with E-state index >= 15 is 0 Å². The van der Waals surface area contributed by atoms with E-state index in [1.54, 1.807) is 22.7 Å². The summed E-state index contributed by atoms with van der Waals surface area (Å²) in [6, 6.07) is 32.0. The summed E-state index contributed by atoms with van der Waals surface area (Å²) in [5.41, 5.74) is 11.9. The van der Waals surface area contributed by atoms with Gasteiger partial charge in [-0.2, -0.15) is 0 Å². The summed E-state index contributed by atoms with van der Waals surface area (Å²) in [5.74, 6) is 0. The molecule has 6 rings (SSSR count). The van der Waals surface area contributed by atoms with Crippen molar-refractivity contribution in [1.82, 2.24) is 0 Å². The number of hydrogen-bond acceptors (Lipinski definition) is 0. The van der Waals surface area contributed by atoms with Crippen molar-refractivity contribution in [1.29, 1.82) is 0 Å². The maximum absolute atomic E-state index is 2.44. The molecule has 4 aromatic rings. The Balaban J connectivity index is 1.56. The van der Waals surface area contributed by atoms with Crippen LogP contribution < -0.4 is 7.74 Å². The Kier molecular flexibility index (Phi) is 4.27. The molecule has 0 atom stereocenters. The zero-order chi connectivity index (χ0) is 20.2. The Hall–Kier alpha value is -2.54. The van der Waals surface area contributed by atoms with Gasteiger partial charge in [0.05, 0.1) is 0 Å². The zero-order valence-electron chi connectivity index (χ0n) is 17.5. The molecule has 2 aliphatic carbocycles. The first-order chi connectivity index (χ1) is 14.7. The number of rotatable bonds is 2. The van der Waals surface area contributed by atoms with E-state index in [4.69, 9.17) is 0 Å². The minimum absolute atomic E-state index is 1.08. The second-order valence-electron chi connectivity index (χ2n) is 8.71. The van der Waals surface area contributed by atoms with Gasteiger partial charge in [0.2, 0.25) is 0 Å². The van der Waals surface area contributed by atoms with Gasteiger partial charge in [0.1, 0.15) is 0 Å². The van der Waals surface area contributed by atoms with Gasteiger partial charge >= 0.3 is 185 Å². The fourth-order valence-corrected chi connectivity index (χ4v) is 10.1. The molecule has 4 aromatic carbocycles. The van der Waals surface area contributed by atoms with Crippen LogP contribution in [0.15, 0.2) is 84.9 Å². The van der Waals surface area contributed by atoms with Crippen LogP contribution in [0.4, 0.5) is 0 Å². The quantitative estimate of drug-likeness (QED) is 0.320. The first kappa shape index (κ1) is 18.3. The monoisotopic (exact) mass is 420 g/mol. The molecule has 0 N–H and O–H groups in total. The maximum atomic E-state index is 2.44. The Morgan fingerprint density at radius 2 is 0.967 bits per heavy atom. The molecule has 0 saturated heterocycles. The molecule has 0 radical (unpaired) electrons. The van der Waals surface area contributed by atoms with Gasteiger partial charge < -0.3 is 0 Å². The summed E-state index contributed by atoms with van der Waals surface area (Å²) < 4.78 is 4.92. The molecule has 0 bridgehead atoms. The third-order valence-electron chi connectivity index (χ3n) is 6.74. The van der Waals surface area contributed by atoms with Gasteiger partial charge in [0.15, 0.2) is 0 Å². The topological polar surface area (TPSA) is 0 Å². The van der Waals surface area contributed by atoms with E-state index in [0.29, 0.717) is 0 Å². The fourth-order valence-electron chi connectivity index (χ4n) is 5.47. The van der Waals surface area contributed by atoms with E-state index in [1.807, 2.05) is 0 Å². The average molecular weight is 420 g/mol. The number of fused-ring (bicyclic) bond motifs is 6. The summed E-state index contributed by atoms with van der Waals surface area (Å²) in [4.78, 5) is 0. The van der Waals surface area contributed by atoms with Gasteiger partial charge in [-0.25, -0.2) is 0 Å². The molecular weight excluding hydrogens is 396 g/mol. The van der Waals surface area contributed by atoms with Crippen LogP contribution in [-0.2, 0) is 30.2 Å². The van der Waals surface area contributed by atoms with Crippen LogP contribution >= 0.6 is 0 Å². The standard InChI is InChI=1S/2C13H9.C3H6.Ti/c2*1-3-7-12-10(5-1)9-11-6-2-4-8-13(11)12;1-3-2;/h2*1-5,7-8H,9H2;1-2H3;. The third kappa shape index (κ3) is 2.68. The molecule has 0 amide bonds. The summed E-state index contributed by atoms with van der Waals surface area (Å²) in [6.45, 7) is 4.75. The second kappa shape index (κ2) is 7.01. The third-order valence-corrected chi connectivity index (χ3v) is 11.4. The van der Waals surface area contributed by atoms with Crippen molar-refractivity contribution in [3.05, 3.63) is 107 Å². The number of benzene rings is 4. The van der Waals surface area contributed by atoms with Crippen LogP contribution in [0.5, 0.6) is 0 Å². The predicted molar refractivity (Wildman–Crippen MR) is 125 cm³/mol. The molecule has 0 unspecified atom stereocenters. The van der Waals surface area contributed by atoms with E-state index in [-0.39, 0.29) is 0 Å². The Morgan fingerprint density at radius 1 is 0.533 bits per heavy atom. The average Bonchev–Trinajstić information content (AvgIpc) is 3.33. The van der Waals surface area contributed by atoms with Crippen LogP contribution in [0.2, 0.25) is 0 Å². The molecule has 0 heterocycles. The van der Waals surface area contributed by atoms with Crippen molar-refractivity contribution >= 4 is 11.5 Å². The van der Waals surface area contributed by atoms with E-state index in [2.05, 4.69) is 98.8 Å². The van der Waals surface area contributed by atoms with Crippen LogP contribution in [0, 0.1) is 0 Å². The van der Waals surface area contributed by atoms with Gasteiger partial charge in [-0.3, -0.25) is 0 Å². The molecule has 30 heavy (non-hydrogen) atoms. The van der Waals surface area contributed by atoms with Crippen molar-refractivity contribution in [3.63, 3.8) is 0 Å². The Labute approximate surface area is 184 Å². The van der Waals surface area contributed by atoms with Crippen LogP contribution in [-0.4, -0.2) is 3.81 Å². The summed E-state index contributed by atoms with van der Waals surface area (Å²) in [5, 5.41) is 0. The molecule has 2 aliphatic rings. The van der Waals surface area contributed by atoms with Crippen molar-refractivity contribution in [2.45, 2.75) is 26.7 Å². The van der Waals surface area contributed by atoms with Gasteiger partial charge in [0, 0.05) is 0 Å². The van der Waals surface area contributed by atoms with Crippen LogP contribution in [0.1, 0.15) is 36.1 Å². The fraction of sp³-hybridized carbons (Fsp3) is 0.138. The Bertz CT molecular complexity index is 1250. The first-order valence-electron chi connectivity index (χ1n) is 10.8. The minimum atomic E-state index is -1.82.